The Balaban J connectivity index is -0.0000000466. The Kier molecular flexibility index (Phi) is 159. The molecule has 4 aromatic rings. The molecule has 75 heavy (non-hydrogen) atoms. The van der Waals surface area contributed by atoms with Gasteiger partial charge in [0.15, 0.2) is 23.1 Å². The summed E-state index contributed by atoms with van der Waals surface area (Å²) >= 11 is 0. The number of rotatable bonds is 8. The van der Waals surface area contributed by atoms with Gasteiger partial charge in [-0.25, -0.2) is 0 Å². The molecule has 0 saturated carbocycles. The maximum absolute atomic E-state index is 11.2. The summed E-state index contributed by atoms with van der Waals surface area (Å²) in [5, 5.41) is 14.0. The summed E-state index contributed by atoms with van der Waals surface area (Å²) in [7, 11) is 3.35. The van der Waals surface area contributed by atoms with Crippen molar-refractivity contribution in [3.63, 3.8) is 0 Å². The summed E-state index contributed by atoms with van der Waals surface area (Å²) < 4.78 is 4.11. The number of benzene rings is 4. The lowest BCUT2D eigenvalue weighted by atomic mass is 10.1. The Bertz CT molecular complexity index is 1480. The van der Waals surface area contributed by atoms with E-state index in [1.165, 1.54) is 40.7 Å². The van der Waals surface area contributed by atoms with E-state index in [1.54, 1.807) is 62.4 Å². The Morgan fingerprint density at radius 1 is 0.320 bits per heavy atom. The molecule has 0 atom stereocenters. The normalized spacial score (nSPS) is 6.99. The zero-order chi connectivity index (χ0) is 63.0. The zero-order valence-corrected chi connectivity index (χ0v) is 54.0. The van der Waals surface area contributed by atoms with E-state index in [0.29, 0.717) is 11.1 Å². The van der Waals surface area contributed by atoms with Gasteiger partial charge in [0.2, 0.25) is 0 Å². The number of hydrogen-bond acceptors (Lipinski definition) is 10. The van der Waals surface area contributed by atoms with Crippen LogP contribution in [-0.2, 0) is 19.1 Å². The van der Waals surface area contributed by atoms with Crippen molar-refractivity contribution in [2.75, 3.05) is 21.3 Å². The van der Waals surface area contributed by atoms with Gasteiger partial charge in [0.05, 0.1) is 20.0 Å². The number of methoxy groups -OCH3 is 1. The number of aliphatic hydroxyl groups is 2. The van der Waals surface area contributed by atoms with Crippen LogP contribution >= 0.6 is 0 Å². The zero-order valence-electron chi connectivity index (χ0n) is 54.0. The van der Waals surface area contributed by atoms with Crippen LogP contribution in [0.25, 0.3) is 0 Å². The van der Waals surface area contributed by atoms with E-state index in [4.69, 9.17) is 10.2 Å². The van der Waals surface area contributed by atoms with E-state index < -0.39 is 0 Å². The highest BCUT2D eigenvalue weighted by atomic mass is 16.5. The molecule has 0 saturated heterocycles. The number of aliphatic hydroxyl groups excluding tert-OH is 2. The largest absolute Gasteiger partial charge is 0.469 e. The molecule has 10 heteroatoms. The first kappa shape index (κ1) is 106. The fourth-order valence-corrected chi connectivity index (χ4v) is 3.25. The number of esters is 1. The molecule has 0 aliphatic carbocycles. The van der Waals surface area contributed by atoms with Crippen molar-refractivity contribution in [3.8, 4) is 0 Å². The standard InChI is InChI=1S/2C10H10O2.2C8H8O.C3H6O2.2C3H8.9C2H6.2CH4O/c2*1-8(11)7-10(12)9-5-3-2-4-6-9;2*1-7(9)8-5-3-2-4-6-8;1-3(4)5-2;2*1-3-2;11*1-2/h2*2-6H,7H2,1H3;2*2-6H,1H3;1-2H3;2*3H2,1-2H3;9*1-2H3;2*2H,1H3. The van der Waals surface area contributed by atoms with Gasteiger partial charge in [-0.3, -0.25) is 33.6 Å². The molecule has 4 aromatic carbocycles. The van der Waals surface area contributed by atoms with E-state index in [1.807, 2.05) is 197 Å². The van der Waals surface area contributed by atoms with Gasteiger partial charge in [-0.1, -0.05) is 286 Å². The lowest BCUT2D eigenvalue weighted by molar-refractivity contribution is -0.138. The third-order valence-corrected chi connectivity index (χ3v) is 5.66. The highest BCUT2D eigenvalue weighted by Gasteiger charge is 2.07. The SMILES string of the molecule is CC.CC.CC.CC.CC.CC.CC.CC.CC.CC(=O)CC(=O)c1ccccc1.CC(=O)CC(=O)c1ccccc1.CC(=O)c1ccccc1.CC(=O)c1ccccc1.CCC.CCC.CO.CO.COC(C)=O. The van der Waals surface area contributed by atoms with Gasteiger partial charge < -0.3 is 14.9 Å². The van der Waals surface area contributed by atoms with Crippen molar-refractivity contribution in [2.24, 2.45) is 0 Å². The first-order chi connectivity index (χ1) is 36.1. The molecule has 0 bridgehead atoms. The Labute approximate surface area is 464 Å². The minimum absolute atomic E-state index is 0.00398. The van der Waals surface area contributed by atoms with Crippen LogP contribution in [0.2, 0.25) is 0 Å². The molecule has 0 aromatic heterocycles. The molecule has 4 rings (SSSR count). The first-order valence-electron chi connectivity index (χ1n) is 27.3. The Hall–Kier alpha value is -5.71. The highest BCUT2D eigenvalue weighted by Crippen LogP contribution is 2.04. The molecule has 0 unspecified atom stereocenters. The molecular formula is C65H120O10. The number of Topliss-reactive ketones (excluding diaryl/α,β-unsaturated/α-hetero) is 6. The van der Waals surface area contributed by atoms with Gasteiger partial charge >= 0.3 is 5.97 Å². The van der Waals surface area contributed by atoms with Gasteiger partial charge in [-0.05, 0) is 27.7 Å². The molecule has 0 amide bonds. The van der Waals surface area contributed by atoms with Crippen molar-refractivity contribution in [2.45, 2.75) is 213 Å². The predicted octanol–water partition coefficient (Wildman–Crippen LogP) is 18.9. The second-order valence-electron chi connectivity index (χ2n) is 11.3. The maximum Gasteiger partial charge on any atom is 0.302 e. The molecule has 0 aliphatic rings. The number of carbonyl (C=O) groups excluding carboxylic acids is 7. The monoisotopic (exact) mass is 1060 g/mol. The third-order valence-electron chi connectivity index (χ3n) is 5.66. The van der Waals surface area contributed by atoms with E-state index >= 15 is 0 Å². The van der Waals surface area contributed by atoms with E-state index in [-0.39, 0.29) is 53.5 Å². The van der Waals surface area contributed by atoms with E-state index in [0.717, 1.165) is 25.3 Å². The topological polar surface area (TPSA) is 169 Å². The van der Waals surface area contributed by atoms with Gasteiger partial charge in [0.1, 0.15) is 11.6 Å². The summed E-state index contributed by atoms with van der Waals surface area (Å²) in [6, 6.07) is 36.1. The number of ketones is 6. The summed E-state index contributed by atoms with van der Waals surface area (Å²) in [4.78, 5) is 74.6. The molecule has 10 nitrogen and oxygen atoms in total. The number of carbonyl (C=O) groups is 7. The summed E-state index contributed by atoms with van der Waals surface area (Å²) in [5.74, 6) is -0.407. The minimum Gasteiger partial charge on any atom is -0.469 e. The van der Waals surface area contributed by atoms with Crippen LogP contribution in [-0.4, -0.2) is 72.2 Å². The van der Waals surface area contributed by atoms with Crippen molar-refractivity contribution in [1.29, 1.82) is 0 Å². The molecule has 0 spiro atoms. The van der Waals surface area contributed by atoms with Crippen LogP contribution in [0.3, 0.4) is 0 Å². The minimum atomic E-state index is -0.245. The second kappa shape index (κ2) is 113. The fourth-order valence-electron chi connectivity index (χ4n) is 3.25. The molecule has 0 fully saturated rings. The smallest absolute Gasteiger partial charge is 0.302 e. The molecule has 2 N–H and O–H groups in total. The van der Waals surface area contributed by atoms with Crippen molar-refractivity contribution < 1.29 is 48.5 Å². The number of hydrogen-bond donors (Lipinski definition) is 2. The Morgan fingerprint density at radius 2 is 0.453 bits per heavy atom. The van der Waals surface area contributed by atoms with Crippen molar-refractivity contribution >= 4 is 40.7 Å². The fraction of sp³-hybridized carbons (Fsp3) is 0.523. The summed E-state index contributed by atoms with van der Waals surface area (Å²) in [6.45, 7) is 51.8. The Morgan fingerprint density at radius 3 is 0.547 bits per heavy atom. The van der Waals surface area contributed by atoms with Crippen molar-refractivity contribution in [1.82, 2.24) is 0 Å². The van der Waals surface area contributed by atoms with Gasteiger partial charge in [0.25, 0.3) is 0 Å². The lowest BCUT2D eigenvalue weighted by Gasteiger charge is -1.95. The molecule has 0 radical (unpaired) electrons. The first-order valence-corrected chi connectivity index (χ1v) is 27.3. The van der Waals surface area contributed by atoms with Gasteiger partial charge in [-0.2, -0.15) is 0 Å². The molecule has 0 aliphatic heterocycles. The van der Waals surface area contributed by atoms with Crippen LogP contribution < -0.4 is 0 Å². The average Bonchev–Trinajstić information content (AvgIpc) is 3.48. The van der Waals surface area contributed by atoms with Crippen LogP contribution in [0.1, 0.15) is 254 Å². The summed E-state index contributed by atoms with van der Waals surface area (Å²) in [5.41, 5.74) is 2.76. The van der Waals surface area contributed by atoms with Crippen LogP contribution in [0.4, 0.5) is 0 Å². The van der Waals surface area contributed by atoms with Crippen LogP contribution in [0, 0.1) is 0 Å². The van der Waals surface area contributed by atoms with Gasteiger partial charge in [-0.15, -0.1) is 0 Å². The maximum atomic E-state index is 11.2. The van der Waals surface area contributed by atoms with Gasteiger partial charge in [0, 0.05) is 43.4 Å². The quantitative estimate of drug-likeness (QED) is 0.0984. The average molecular weight is 1060 g/mol. The summed E-state index contributed by atoms with van der Waals surface area (Å²) in [6.07, 6.45) is 2.51. The molecular weight excluding hydrogens is 941 g/mol. The molecule has 0 heterocycles. The van der Waals surface area contributed by atoms with E-state index in [9.17, 15) is 33.6 Å². The second-order valence-corrected chi connectivity index (χ2v) is 11.3. The van der Waals surface area contributed by atoms with Crippen LogP contribution in [0.15, 0.2) is 121 Å². The van der Waals surface area contributed by atoms with Crippen LogP contribution in [0.5, 0.6) is 0 Å². The van der Waals surface area contributed by atoms with Crippen molar-refractivity contribution in [3.05, 3.63) is 144 Å². The predicted molar refractivity (Wildman–Crippen MR) is 333 cm³/mol. The highest BCUT2D eigenvalue weighted by molar-refractivity contribution is 6.07. The lowest BCUT2D eigenvalue weighted by Crippen LogP contribution is -2.04. The van der Waals surface area contributed by atoms with E-state index in [2.05, 4.69) is 32.4 Å². The third kappa shape index (κ3) is 110. The number of ether oxygens (including phenoxy) is 1. The molecule has 440 valence electrons.